The van der Waals surface area contributed by atoms with Crippen LogP contribution in [-0.2, 0) is 16.1 Å². The van der Waals surface area contributed by atoms with Crippen molar-refractivity contribution in [3.05, 3.63) is 64.4 Å². The number of amides is 2. The minimum Gasteiger partial charge on any atom is -0.484 e. The third-order valence-electron chi connectivity index (χ3n) is 4.26. The summed E-state index contributed by atoms with van der Waals surface area (Å²) in [5.41, 5.74) is 0.735. The summed E-state index contributed by atoms with van der Waals surface area (Å²) in [6.45, 7) is 5.58. The van der Waals surface area contributed by atoms with E-state index in [1.54, 1.807) is 24.3 Å². The summed E-state index contributed by atoms with van der Waals surface area (Å²) in [7, 11) is 0. The lowest BCUT2D eigenvalue weighted by Gasteiger charge is -2.31. The average Bonchev–Trinajstić information content (AvgIpc) is 2.68. The predicted molar refractivity (Wildman–Crippen MR) is 114 cm³/mol. The van der Waals surface area contributed by atoms with Crippen molar-refractivity contribution in [2.45, 2.75) is 45.8 Å². The van der Waals surface area contributed by atoms with Gasteiger partial charge in [0.05, 0.1) is 0 Å². The summed E-state index contributed by atoms with van der Waals surface area (Å²) < 4.78 is 19.8. The molecule has 0 radical (unpaired) electrons. The summed E-state index contributed by atoms with van der Waals surface area (Å²) in [4.78, 5) is 27.1. The molecule has 29 heavy (non-hydrogen) atoms. The molecule has 0 saturated heterocycles. The van der Waals surface area contributed by atoms with E-state index in [2.05, 4.69) is 21.2 Å². The molecule has 0 aliphatic carbocycles. The first-order valence-electron chi connectivity index (χ1n) is 9.52. The normalized spacial score (nSPS) is 11.8. The molecule has 2 aromatic carbocycles. The number of rotatable bonds is 9. The van der Waals surface area contributed by atoms with Crippen LogP contribution in [0.25, 0.3) is 0 Å². The van der Waals surface area contributed by atoms with Gasteiger partial charge in [-0.25, -0.2) is 4.39 Å². The lowest BCUT2D eigenvalue weighted by Crippen LogP contribution is -2.51. The van der Waals surface area contributed by atoms with E-state index in [0.717, 1.165) is 10.0 Å². The lowest BCUT2D eigenvalue weighted by molar-refractivity contribution is -0.143. The van der Waals surface area contributed by atoms with E-state index < -0.39 is 6.04 Å². The zero-order valence-corrected chi connectivity index (χ0v) is 18.4. The Hall–Kier alpha value is -2.41. The molecule has 0 unspecified atom stereocenters. The maximum absolute atomic E-state index is 13.2. The van der Waals surface area contributed by atoms with Gasteiger partial charge in [-0.1, -0.05) is 35.0 Å². The number of hydrogen-bond acceptors (Lipinski definition) is 3. The Morgan fingerprint density at radius 1 is 1.10 bits per heavy atom. The van der Waals surface area contributed by atoms with Crippen LogP contribution in [0.4, 0.5) is 4.39 Å². The standard InChI is InChI=1S/C22H26BrFN2O3/c1-4-20(22(28)25-15(2)3)26(13-16-5-9-18(24)10-6-16)21(27)14-29-19-11-7-17(23)8-12-19/h5-12,15,20H,4,13-14H2,1-3H3,(H,25,28)/t20-/m1/s1. The number of carbonyl (C=O) groups is 2. The smallest absolute Gasteiger partial charge is 0.261 e. The zero-order chi connectivity index (χ0) is 21.4. The van der Waals surface area contributed by atoms with Gasteiger partial charge in [0.2, 0.25) is 5.91 Å². The van der Waals surface area contributed by atoms with Gasteiger partial charge in [-0.15, -0.1) is 0 Å². The van der Waals surface area contributed by atoms with Gasteiger partial charge in [-0.3, -0.25) is 9.59 Å². The second-order valence-electron chi connectivity index (χ2n) is 6.98. The summed E-state index contributed by atoms with van der Waals surface area (Å²) in [5.74, 6) is -0.331. The summed E-state index contributed by atoms with van der Waals surface area (Å²) in [6.07, 6.45) is 0.448. The second kappa shape index (κ2) is 11.0. The minimum absolute atomic E-state index is 0.0432. The van der Waals surface area contributed by atoms with Gasteiger partial charge in [-0.05, 0) is 62.2 Å². The predicted octanol–water partition coefficient (Wildman–Crippen LogP) is 4.30. The van der Waals surface area contributed by atoms with E-state index in [9.17, 15) is 14.0 Å². The van der Waals surface area contributed by atoms with Gasteiger partial charge < -0.3 is 15.0 Å². The summed E-state index contributed by atoms with van der Waals surface area (Å²) in [6, 6.07) is 12.4. The van der Waals surface area contributed by atoms with Gasteiger partial charge in [0.15, 0.2) is 6.61 Å². The molecule has 0 saturated carbocycles. The molecule has 1 N–H and O–H groups in total. The van der Waals surface area contributed by atoms with E-state index in [0.29, 0.717) is 12.2 Å². The number of benzene rings is 2. The Labute approximate surface area is 179 Å². The Morgan fingerprint density at radius 2 is 1.72 bits per heavy atom. The van der Waals surface area contributed by atoms with Crippen molar-refractivity contribution in [2.75, 3.05) is 6.61 Å². The molecule has 0 aliphatic heterocycles. The van der Waals surface area contributed by atoms with Crippen molar-refractivity contribution < 1.29 is 18.7 Å². The highest BCUT2D eigenvalue weighted by atomic mass is 79.9. The summed E-state index contributed by atoms with van der Waals surface area (Å²) in [5, 5.41) is 2.87. The van der Waals surface area contributed by atoms with Crippen LogP contribution in [-0.4, -0.2) is 35.4 Å². The highest BCUT2D eigenvalue weighted by Gasteiger charge is 2.29. The van der Waals surface area contributed by atoms with Crippen molar-refractivity contribution in [1.29, 1.82) is 0 Å². The van der Waals surface area contributed by atoms with Crippen LogP contribution in [0.1, 0.15) is 32.8 Å². The Balaban J connectivity index is 2.18. The first-order valence-corrected chi connectivity index (χ1v) is 10.3. The van der Waals surface area contributed by atoms with Crippen molar-refractivity contribution in [3.63, 3.8) is 0 Å². The molecule has 7 heteroatoms. The fourth-order valence-electron chi connectivity index (χ4n) is 2.85. The van der Waals surface area contributed by atoms with Crippen LogP contribution in [0.2, 0.25) is 0 Å². The monoisotopic (exact) mass is 464 g/mol. The molecule has 0 spiro atoms. The van der Waals surface area contributed by atoms with Gasteiger partial charge in [0.25, 0.3) is 5.91 Å². The maximum atomic E-state index is 13.2. The third kappa shape index (κ3) is 7.16. The Kier molecular flexibility index (Phi) is 8.64. The fourth-order valence-corrected chi connectivity index (χ4v) is 3.11. The number of nitrogens with zero attached hydrogens (tertiary/aromatic N) is 1. The molecule has 0 heterocycles. The number of nitrogens with one attached hydrogen (secondary N) is 1. The molecule has 0 aliphatic rings. The van der Waals surface area contributed by atoms with Crippen LogP contribution >= 0.6 is 15.9 Å². The van der Waals surface area contributed by atoms with Crippen molar-refractivity contribution >= 4 is 27.7 Å². The highest BCUT2D eigenvalue weighted by molar-refractivity contribution is 9.10. The van der Waals surface area contributed by atoms with E-state index in [-0.39, 0.29) is 36.8 Å². The number of halogens is 2. The number of hydrogen-bond donors (Lipinski definition) is 1. The van der Waals surface area contributed by atoms with E-state index in [1.165, 1.54) is 17.0 Å². The molecule has 2 rings (SSSR count). The molecule has 2 amide bonds. The van der Waals surface area contributed by atoms with Crippen LogP contribution in [0.15, 0.2) is 53.0 Å². The van der Waals surface area contributed by atoms with Gasteiger partial charge in [0.1, 0.15) is 17.6 Å². The van der Waals surface area contributed by atoms with Crippen molar-refractivity contribution in [3.8, 4) is 5.75 Å². The van der Waals surface area contributed by atoms with Crippen LogP contribution in [0, 0.1) is 5.82 Å². The molecular formula is C22H26BrFN2O3. The maximum Gasteiger partial charge on any atom is 0.261 e. The van der Waals surface area contributed by atoms with E-state index in [1.807, 2.05) is 32.9 Å². The van der Waals surface area contributed by atoms with Crippen molar-refractivity contribution in [2.24, 2.45) is 0 Å². The highest BCUT2D eigenvalue weighted by Crippen LogP contribution is 2.17. The molecule has 0 bridgehead atoms. The molecular weight excluding hydrogens is 439 g/mol. The largest absolute Gasteiger partial charge is 0.484 e. The quantitative estimate of drug-likeness (QED) is 0.601. The van der Waals surface area contributed by atoms with Crippen LogP contribution in [0.5, 0.6) is 5.75 Å². The summed E-state index contributed by atoms with van der Waals surface area (Å²) >= 11 is 3.35. The van der Waals surface area contributed by atoms with Crippen molar-refractivity contribution in [1.82, 2.24) is 10.2 Å². The fraction of sp³-hybridized carbons (Fsp3) is 0.364. The molecule has 2 aromatic rings. The molecule has 0 aromatic heterocycles. The van der Waals surface area contributed by atoms with Gasteiger partial charge in [-0.2, -0.15) is 0 Å². The average molecular weight is 465 g/mol. The SMILES string of the molecule is CC[C@H](C(=O)NC(C)C)N(Cc1ccc(F)cc1)C(=O)COc1ccc(Br)cc1. The van der Waals surface area contributed by atoms with E-state index >= 15 is 0 Å². The molecule has 5 nitrogen and oxygen atoms in total. The molecule has 1 atom stereocenters. The molecule has 156 valence electrons. The topological polar surface area (TPSA) is 58.6 Å². The lowest BCUT2D eigenvalue weighted by atomic mass is 10.1. The zero-order valence-electron chi connectivity index (χ0n) is 16.8. The Morgan fingerprint density at radius 3 is 2.28 bits per heavy atom. The minimum atomic E-state index is -0.650. The second-order valence-corrected chi connectivity index (χ2v) is 7.89. The first kappa shape index (κ1) is 22.9. The van der Waals surface area contributed by atoms with Gasteiger partial charge >= 0.3 is 0 Å². The van der Waals surface area contributed by atoms with Crippen LogP contribution < -0.4 is 10.1 Å². The molecule has 0 fully saturated rings. The van der Waals surface area contributed by atoms with E-state index in [4.69, 9.17) is 4.74 Å². The van der Waals surface area contributed by atoms with Crippen LogP contribution in [0.3, 0.4) is 0 Å². The van der Waals surface area contributed by atoms with Gasteiger partial charge in [0, 0.05) is 17.1 Å². The number of carbonyl (C=O) groups excluding carboxylic acids is 2. The number of ether oxygens (including phenoxy) is 1. The third-order valence-corrected chi connectivity index (χ3v) is 4.79. The Bertz CT molecular complexity index is 810. The first-order chi connectivity index (χ1) is 13.8.